The first-order valence-corrected chi connectivity index (χ1v) is 6.13. The SMILES string of the molecule is O=C(/C=C/c1cccc(F)c1)N1CCOCC1CO. The van der Waals surface area contributed by atoms with Crippen LogP contribution in [0.5, 0.6) is 0 Å². The molecular weight excluding hydrogens is 249 g/mol. The molecule has 5 heteroatoms. The lowest BCUT2D eigenvalue weighted by atomic mass is 10.2. The molecule has 1 aromatic rings. The van der Waals surface area contributed by atoms with Gasteiger partial charge in [-0.05, 0) is 23.8 Å². The van der Waals surface area contributed by atoms with Gasteiger partial charge in [0.25, 0.3) is 0 Å². The van der Waals surface area contributed by atoms with Crippen LogP contribution in [-0.2, 0) is 9.53 Å². The van der Waals surface area contributed by atoms with Crippen molar-refractivity contribution < 1.29 is 19.0 Å². The summed E-state index contributed by atoms with van der Waals surface area (Å²) in [6, 6.07) is 5.70. The van der Waals surface area contributed by atoms with Gasteiger partial charge in [-0.3, -0.25) is 4.79 Å². The summed E-state index contributed by atoms with van der Waals surface area (Å²) in [6.45, 7) is 1.14. The van der Waals surface area contributed by atoms with E-state index >= 15 is 0 Å². The Hall–Kier alpha value is -1.72. The van der Waals surface area contributed by atoms with Gasteiger partial charge in [-0.15, -0.1) is 0 Å². The van der Waals surface area contributed by atoms with Crippen LogP contribution in [0.1, 0.15) is 5.56 Å². The molecular formula is C14H16FNO3. The predicted octanol–water partition coefficient (Wildman–Crippen LogP) is 1.06. The number of morpholine rings is 1. The molecule has 102 valence electrons. The smallest absolute Gasteiger partial charge is 0.247 e. The molecule has 1 aromatic carbocycles. The number of hydrogen-bond donors (Lipinski definition) is 1. The molecule has 0 saturated carbocycles. The van der Waals surface area contributed by atoms with E-state index in [1.807, 2.05) is 0 Å². The number of hydrogen-bond acceptors (Lipinski definition) is 3. The van der Waals surface area contributed by atoms with Gasteiger partial charge in [0.05, 0.1) is 25.9 Å². The molecule has 1 saturated heterocycles. The van der Waals surface area contributed by atoms with Crippen LogP contribution >= 0.6 is 0 Å². The highest BCUT2D eigenvalue weighted by atomic mass is 19.1. The molecule has 1 N–H and O–H groups in total. The second-order valence-electron chi connectivity index (χ2n) is 4.33. The van der Waals surface area contributed by atoms with E-state index in [2.05, 4.69) is 0 Å². The number of carbonyl (C=O) groups excluding carboxylic acids is 1. The van der Waals surface area contributed by atoms with Crippen molar-refractivity contribution in [1.82, 2.24) is 4.90 Å². The van der Waals surface area contributed by atoms with Gasteiger partial charge in [-0.25, -0.2) is 4.39 Å². The first kappa shape index (κ1) is 13.7. The third-order valence-electron chi connectivity index (χ3n) is 2.99. The molecule has 0 radical (unpaired) electrons. The van der Waals surface area contributed by atoms with E-state index < -0.39 is 0 Å². The van der Waals surface area contributed by atoms with Crippen LogP contribution in [0.3, 0.4) is 0 Å². The van der Waals surface area contributed by atoms with E-state index in [1.54, 1.807) is 23.1 Å². The third-order valence-corrected chi connectivity index (χ3v) is 2.99. The topological polar surface area (TPSA) is 49.8 Å². The first-order chi connectivity index (χ1) is 9.20. The highest BCUT2D eigenvalue weighted by Crippen LogP contribution is 2.09. The molecule has 1 heterocycles. The summed E-state index contributed by atoms with van der Waals surface area (Å²) in [5.41, 5.74) is 0.627. The van der Waals surface area contributed by atoms with Crippen molar-refractivity contribution in [1.29, 1.82) is 0 Å². The molecule has 0 aromatic heterocycles. The van der Waals surface area contributed by atoms with Gasteiger partial charge >= 0.3 is 0 Å². The monoisotopic (exact) mass is 265 g/mol. The quantitative estimate of drug-likeness (QED) is 0.831. The summed E-state index contributed by atoms with van der Waals surface area (Å²) in [5, 5.41) is 9.18. The fourth-order valence-corrected chi connectivity index (χ4v) is 1.97. The minimum Gasteiger partial charge on any atom is -0.394 e. The van der Waals surface area contributed by atoms with Crippen LogP contribution in [0, 0.1) is 5.82 Å². The number of nitrogens with zero attached hydrogens (tertiary/aromatic N) is 1. The number of amides is 1. The molecule has 0 bridgehead atoms. The second kappa shape index (κ2) is 6.45. The Balaban J connectivity index is 2.03. The molecule has 0 spiro atoms. The Morgan fingerprint density at radius 1 is 1.58 bits per heavy atom. The van der Waals surface area contributed by atoms with Gasteiger partial charge < -0.3 is 14.7 Å². The van der Waals surface area contributed by atoms with Gasteiger partial charge in [-0.1, -0.05) is 12.1 Å². The van der Waals surface area contributed by atoms with E-state index in [-0.39, 0.29) is 24.4 Å². The Labute approximate surface area is 111 Å². The molecule has 1 aliphatic heterocycles. The minimum atomic E-state index is -0.339. The van der Waals surface area contributed by atoms with Crippen LogP contribution in [0.2, 0.25) is 0 Å². The van der Waals surface area contributed by atoms with Crippen molar-refractivity contribution in [3.8, 4) is 0 Å². The van der Waals surface area contributed by atoms with E-state index in [4.69, 9.17) is 4.74 Å². The van der Waals surface area contributed by atoms with Gasteiger partial charge in [0.2, 0.25) is 5.91 Å². The lowest BCUT2D eigenvalue weighted by Crippen LogP contribution is -2.49. The van der Waals surface area contributed by atoms with Crippen molar-refractivity contribution in [2.24, 2.45) is 0 Å². The van der Waals surface area contributed by atoms with Crippen LogP contribution in [0.4, 0.5) is 4.39 Å². The minimum absolute atomic E-state index is 0.125. The van der Waals surface area contributed by atoms with Crippen LogP contribution in [-0.4, -0.2) is 48.3 Å². The molecule has 19 heavy (non-hydrogen) atoms. The highest BCUT2D eigenvalue weighted by Gasteiger charge is 2.24. The van der Waals surface area contributed by atoms with Crippen LogP contribution in [0.15, 0.2) is 30.3 Å². The maximum absolute atomic E-state index is 13.0. The largest absolute Gasteiger partial charge is 0.394 e. The number of halogens is 1. The molecule has 0 aliphatic carbocycles. The number of aliphatic hydroxyl groups excluding tert-OH is 1. The number of ether oxygens (including phenoxy) is 1. The third kappa shape index (κ3) is 3.62. The number of aliphatic hydroxyl groups is 1. The van der Waals surface area contributed by atoms with Crippen LogP contribution in [0.25, 0.3) is 6.08 Å². The summed E-state index contributed by atoms with van der Waals surface area (Å²) >= 11 is 0. The molecule has 4 nitrogen and oxygen atoms in total. The van der Waals surface area contributed by atoms with Crippen molar-refractivity contribution in [3.05, 3.63) is 41.7 Å². The summed E-state index contributed by atoms with van der Waals surface area (Å²) in [5.74, 6) is -0.541. The van der Waals surface area contributed by atoms with Gasteiger partial charge in [0, 0.05) is 12.6 Å². The fraction of sp³-hybridized carbons (Fsp3) is 0.357. The summed E-state index contributed by atoms with van der Waals surface area (Å²) in [6.07, 6.45) is 2.96. The van der Waals surface area contributed by atoms with E-state index in [1.165, 1.54) is 18.2 Å². The normalized spacial score (nSPS) is 19.9. The van der Waals surface area contributed by atoms with E-state index in [0.29, 0.717) is 25.3 Å². The first-order valence-electron chi connectivity index (χ1n) is 6.13. The predicted molar refractivity (Wildman–Crippen MR) is 68.8 cm³/mol. The van der Waals surface area contributed by atoms with Gasteiger partial charge in [0.15, 0.2) is 0 Å². The molecule has 1 aliphatic rings. The van der Waals surface area contributed by atoms with Crippen molar-refractivity contribution >= 4 is 12.0 Å². The zero-order valence-electron chi connectivity index (χ0n) is 10.5. The Morgan fingerprint density at radius 2 is 2.42 bits per heavy atom. The standard InChI is InChI=1S/C14H16FNO3/c15-12-3-1-2-11(8-12)4-5-14(18)16-6-7-19-10-13(16)9-17/h1-5,8,13,17H,6-7,9-10H2/b5-4+. The number of benzene rings is 1. The molecule has 1 unspecified atom stereocenters. The Kier molecular flexibility index (Phi) is 4.65. The van der Waals surface area contributed by atoms with E-state index in [9.17, 15) is 14.3 Å². The maximum Gasteiger partial charge on any atom is 0.247 e. The summed E-state index contributed by atoms with van der Waals surface area (Å²) in [7, 11) is 0. The average molecular weight is 265 g/mol. The zero-order chi connectivity index (χ0) is 13.7. The lowest BCUT2D eigenvalue weighted by molar-refractivity contribution is -0.136. The Morgan fingerprint density at radius 3 is 3.16 bits per heavy atom. The highest BCUT2D eigenvalue weighted by molar-refractivity contribution is 5.92. The van der Waals surface area contributed by atoms with E-state index in [0.717, 1.165) is 0 Å². The molecule has 2 rings (SSSR count). The molecule has 1 amide bonds. The van der Waals surface area contributed by atoms with Crippen molar-refractivity contribution in [3.63, 3.8) is 0 Å². The fourth-order valence-electron chi connectivity index (χ4n) is 1.97. The average Bonchev–Trinajstić information content (AvgIpc) is 2.45. The van der Waals surface area contributed by atoms with Gasteiger partial charge in [0.1, 0.15) is 5.82 Å². The molecule has 1 fully saturated rings. The van der Waals surface area contributed by atoms with Crippen molar-refractivity contribution in [2.75, 3.05) is 26.4 Å². The number of carbonyl (C=O) groups is 1. The maximum atomic E-state index is 13.0. The van der Waals surface area contributed by atoms with Crippen LogP contribution < -0.4 is 0 Å². The second-order valence-corrected chi connectivity index (χ2v) is 4.33. The Bertz CT molecular complexity index is 476. The zero-order valence-corrected chi connectivity index (χ0v) is 10.5. The molecule has 1 atom stereocenters. The lowest BCUT2D eigenvalue weighted by Gasteiger charge is -2.33. The summed E-state index contributed by atoms with van der Waals surface area (Å²) in [4.78, 5) is 13.6. The van der Waals surface area contributed by atoms with Gasteiger partial charge in [-0.2, -0.15) is 0 Å². The number of rotatable bonds is 3. The summed E-state index contributed by atoms with van der Waals surface area (Å²) < 4.78 is 18.2. The van der Waals surface area contributed by atoms with Crippen molar-refractivity contribution in [2.45, 2.75) is 6.04 Å².